The average Bonchev–Trinajstić information content (AvgIpc) is 3.06. The van der Waals surface area contributed by atoms with E-state index in [9.17, 15) is 0 Å². The fourth-order valence-corrected chi connectivity index (χ4v) is 4.58. The van der Waals surface area contributed by atoms with Crippen molar-refractivity contribution in [2.75, 3.05) is 12.4 Å². The Bertz CT molecular complexity index is 834. The molecule has 0 amide bonds. The number of halogens is 3. The molecule has 5 heteroatoms. The summed E-state index contributed by atoms with van der Waals surface area (Å²) in [7, 11) is 1.67. The molecule has 1 aliphatic carbocycles. The molecule has 2 nitrogen and oxygen atoms in total. The van der Waals surface area contributed by atoms with E-state index in [0.29, 0.717) is 16.0 Å². The lowest BCUT2D eigenvalue weighted by molar-refractivity contribution is 0.397. The molecule has 3 atom stereocenters. The molecule has 0 saturated carbocycles. The number of anilines is 1. The van der Waals surface area contributed by atoms with Crippen LogP contribution >= 0.6 is 34.8 Å². The Balaban J connectivity index is 1.89. The molecule has 0 unspecified atom stereocenters. The maximum atomic E-state index is 6.51. The first-order chi connectivity index (χ1) is 11.6. The largest absolute Gasteiger partial charge is 0.495 e. The third-order valence-electron chi connectivity index (χ3n) is 4.96. The van der Waals surface area contributed by atoms with Crippen LogP contribution in [0.5, 0.6) is 5.75 Å². The Hall–Kier alpha value is -1.35. The fraction of sp³-hybridized carbons (Fsp3) is 0.263. The third kappa shape index (κ3) is 2.40. The molecule has 1 N–H and O–H groups in total. The molecule has 24 heavy (non-hydrogen) atoms. The van der Waals surface area contributed by atoms with Gasteiger partial charge in [0.25, 0.3) is 0 Å². The van der Waals surface area contributed by atoms with Gasteiger partial charge < -0.3 is 10.1 Å². The Morgan fingerprint density at radius 2 is 1.92 bits per heavy atom. The minimum atomic E-state index is 0.0519. The highest BCUT2D eigenvalue weighted by molar-refractivity contribution is 6.42. The number of rotatable bonds is 2. The first kappa shape index (κ1) is 16.1. The van der Waals surface area contributed by atoms with Gasteiger partial charge in [-0.15, -0.1) is 0 Å². The van der Waals surface area contributed by atoms with Crippen LogP contribution in [-0.4, -0.2) is 7.11 Å². The van der Waals surface area contributed by atoms with Crippen LogP contribution in [-0.2, 0) is 0 Å². The zero-order chi connectivity index (χ0) is 16.8. The second-order valence-electron chi connectivity index (χ2n) is 6.16. The van der Waals surface area contributed by atoms with Gasteiger partial charge in [0.05, 0.1) is 28.9 Å². The molecule has 1 heterocycles. The summed E-state index contributed by atoms with van der Waals surface area (Å²) in [5.41, 5.74) is 3.05. The van der Waals surface area contributed by atoms with E-state index < -0.39 is 0 Å². The average molecular weight is 381 g/mol. The Kier molecular flexibility index (Phi) is 4.16. The second kappa shape index (κ2) is 6.18. The maximum absolute atomic E-state index is 6.51. The van der Waals surface area contributed by atoms with Crippen molar-refractivity contribution < 1.29 is 4.74 Å². The molecule has 124 valence electrons. The van der Waals surface area contributed by atoms with E-state index >= 15 is 0 Å². The SMILES string of the molecule is COc1ccc(Cl)c2c1N[C@H](c1cccc(Cl)c1Cl)[C@H]1CC=C[C@H]21. The van der Waals surface area contributed by atoms with Crippen LogP contribution in [0.1, 0.15) is 29.5 Å². The second-order valence-corrected chi connectivity index (χ2v) is 7.35. The van der Waals surface area contributed by atoms with E-state index in [0.717, 1.165) is 34.0 Å². The molecule has 0 spiro atoms. The van der Waals surface area contributed by atoms with Gasteiger partial charge in [-0.2, -0.15) is 0 Å². The molecule has 4 rings (SSSR count). The highest BCUT2D eigenvalue weighted by Gasteiger charge is 2.41. The number of fused-ring (bicyclic) bond motifs is 3. The summed E-state index contributed by atoms with van der Waals surface area (Å²) in [6.07, 6.45) is 5.42. The fourth-order valence-electron chi connectivity index (χ4n) is 3.88. The summed E-state index contributed by atoms with van der Waals surface area (Å²) in [5, 5.41) is 5.56. The summed E-state index contributed by atoms with van der Waals surface area (Å²) in [6, 6.07) is 9.62. The van der Waals surface area contributed by atoms with Gasteiger partial charge in [0.2, 0.25) is 0 Å². The first-order valence-corrected chi connectivity index (χ1v) is 8.98. The van der Waals surface area contributed by atoms with Crippen molar-refractivity contribution in [2.45, 2.75) is 18.4 Å². The van der Waals surface area contributed by atoms with Crippen molar-refractivity contribution in [3.05, 3.63) is 68.7 Å². The van der Waals surface area contributed by atoms with Gasteiger partial charge in [-0.1, -0.05) is 59.1 Å². The smallest absolute Gasteiger partial charge is 0.142 e. The zero-order valence-electron chi connectivity index (χ0n) is 13.0. The number of methoxy groups -OCH3 is 1. The van der Waals surface area contributed by atoms with Crippen molar-refractivity contribution in [3.8, 4) is 5.75 Å². The molecular weight excluding hydrogens is 365 g/mol. The van der Waals surface area contributed by atoms with E-state index in [1.54, 1.807) is 7.11 Å². The van der Waals surface area contributed by atoms with E-state index in [2.05, 4.69) is 17.5 Å². The predicted octanol–water partition coefficient (Wildman–Crippen LogP) is 6.48. The predicted molar refractivity (Wildman–Crippen MR) is 101 cm³/mol. The topological polar surface area (TPSA) is 21.3 Å². The monoisotopic (exact) mass is 379 g/mol. The molecule has 0 radical (unpaired) electrons. The van der Waals surface area contributed by atoms with Gasteiger partial charge >= 0.3 is 0 Å². The molecule has 0 saturated heterocycles. The van der Waals surface area contributed by atoms with Crippen molar-refractivity contribution >= 4 is 40.5 Å². The quantitative estimate of drug-likeness (QED) is 0.602. The van der Waals surface area contributed by atoms with Crippen LogP contribution in [0, 0.1) is 5.92 Å². The third-order valence-corrected chi connectivity index (χ3v) is 6.13. The highest BCUT2D eigenvalue weighted by Crippen LogP contribution is 2.55. The standard InChI is InChI=1S/C19H16Cl3NO/c1-24-15-9-8-13(20)16-10-4-2-5-11(10)18(23-19(15)16)12-6-3-7-14(21)17(12)22/h2-4,6-11,18,23H,5H2,1H3/t10-,11-,18-/m0/s1. The van der Waals surface area contributed by atoms with Crippen LogP contribution in [0.4, 0.5) is 5.69 Å². The van der Waals surface area contributed by atoms with Crippen LogP contribution in [0.2, 0.25) is 15.1 Å². The van der Waals surface area contributed by atoms with Crippen LogP contribution in [0.15, 0.2) is 42.5 Å². The number of hydrogen-bond donors (Lipinski definition) is 1. The van der Waals surface area contributed by atoms with Crippen molar-refractivity contribution in [2.24, 2.45) is 5.92 Å². The van der Waals surface area contributed by atoms with Crippen LogP contribution in [0.3, 0.4) is 0 Å². The molecular formula is C19H16Cl3NO. The van der Waals surface area contributed by atoms with Gasteiger partial charge in [-0.25, -0.2) is 0 Å². The van der Waals surface area contributed by atoms with E-state index in [4.69, 9.17) is 39.5 Å². The minimum absolute atomic E-state index is 0.0519. The summed E-state index contributed by atoms with van der Waals surface area (Å²) in [4.78, 5) is 0. The molecule has 2 aromatic rings. The van der Waals surface area contributed by atoms with Crippen LogP contribution in [0.25, 0.3) is 0 Å². The molecule has 0 aromatic heterocycles. The highest BCUT2D eigenvalue weighted by atomic mass is 35.5. The van der Waals surface area contributed by atoms with Crippen molar-refractivity contribution in [1.29, 1.82) is 0 Å². The van der Waals surface area contributed by atoms with Crippen molar-refractivity contribution in [3.63, 3.8) is 0 Å². The van der Waals surface area contributed by atoms with Gasteiger partial charge in [0.15, 0.2) is 0 Å². The summed E-state index contributed by atoms with van der Waals surface area (Å²) in [6.45, 7) is 0. The molecule has 1 aliphatic heterocycles. The van der Waals surface area contributed by atoms with Crippen LogP contribution < -0.4 is 10.1 Å². The van der Waals surface area contributed by atoms with Gasteiger partial charge in [-0.3, -0.25) is 0 Å². The zero-order valence-corrected chi connectivity index (χ0v) is 15.3. The van der Waals surface area contributed by atoms with E-state index in [1.165, 1.54) is 0 Å². The lowest BCUT2D eigenvalue weighted by Gasteiger charge is -2.39. The molecule has 2 aromatic carbocycles. The first-order valence-electron chi connectivity index (χ1n) is 7.85. The number of hydrogen-bond acceptors (Lipinski definition) is 2. The summed E-state index contributed by atoms with van der Waals surface area (Å²) >= 11 is 19.2. The number of ether oxygens (including phenoxy) is 1. The number of nitrogens with one attached hydrogen (secondary N) is 1. The normalized spacial score (nSPS) is 24.2. The Morgan fingerprint density at radius 3 is 2.71 bits per heavy atom. The van der Waals surface area contributed by atoms with Gasteiger partial charge in [0, 0.05) is 16.5 Å². The maximum Gasteiger partial charge on any atom is 0.142 e. The van der Waals surface area contributed by atoms with Gasteiger partial charge in [0.1, 0.15) is 5.75 Å². The van der Waals surface area contributed by atoms with E-state index in [1.807, 2.05) is 30.3 Å². The summed E-state index contributed by atoms with van der Waals surface area (Å²) < 4.78 is 5.55. The Morgan fingerprint density at radius 1 is 1.08 bits per heavy atom. The van der Waals surface area contributed by atoms with Crippen molar-refractivity contribution in [1.82, 2.24) is 0 Å². The minimum Gasteiger partial charge on any atom is -0.495 e. The molecule has 0 fully saturated rings. The van der Waals surface area contributed by atoms with E-state index in [-0.39, 0.29) is 12.0 Å². The Labute approximate surface area is 156 Å². The molecule has 0 bridgehead atoms. The number of benzene rings is 2. The molecule has 2 aliphatic rings. The summed E-state index contributed by atoms with van der Waals surface area (Å²) in [5.74, 6) is 1.37. The lowest BCUT2D eigenvalue weighted by Crippen LogP contribution is -2.29. The van der Waals surface area contributed by atoms with Gasteiger partial charge in [-0.05, 0) is 36.1 Å². The lowest BCUT2D eigenvalue weighted by atomic mass is 9.77. The number of allylic oxidation sites excluding steroid dienone is 2.